The summed E-state index contributed by atoms with van der Waals surface area (Å²) in [5.74, 6) is 0.521. The smallest absolute Gasteiger partial charge is 0.270 e. The molecule has 2 aromatic rings. The van der Waals surface area contributed by atoms with Gasteiger partial charge in [-0.25, -0.2) is 0 Å². The number of pyridine rings is 1. The van der Waals surface area contributed by atoms with Gasteiger partial charge in [-0.2, -0.15) is 5.26 Å². The van der Waals surface area contributed by atoms with E-state index in [0.717, 1.165) is 12.0 Å². The van der Waals surface area contributed by atoms with Crippen LogP contribution in [0.1, 0.15) is 31.4 Å². The number of nitrogens with zero attached hydrogens (tertiary/aromatic N) is 3. The number of benzene rings is 1. The van der Waals surface area contributed by atoms with Crippen molar-refractivity contribution >= 4 is 5.69 Å². The van der Waals surface area contributed by atoms with Crippen molar-refractivity contribution in [2.45, 2.75) is 33.4 Å². The third-order valence-corrected chi connectivity index (χ3v) is 3.88. The van der Waals surface area contributed by atoms with Gasteiger partial charge in [0.05, 0.1) is 5.69 Å². The maximum Gasteiger partial charge on any atom is 0.270 e. The van der Waals surface area contributed by atoms with Gasteiger partial charge < -0.3 is 9.47 Å². The summed E-state index contributed by atoms with van der Waals surface area (Å²) in [5, 5.41) is 9.43. The minimum absolute atomic E-state index is 0.203. The Labute approximate surface area is 137 Å². The van der Waals surface area contributed by atoms with Crippen LogP contribution >= 0.6 is 0 Å². The molecule has 23 heavy (non-hydrogen) atoms. The largest absolute Gasteiger partial charge is 0.369 e. The lowest BCUT2D eigenvalue weighted by molar-refractivity contribution is 0.507. The van der Waals surface area contributed by atoms with E-state index in [0.29, 0.717) is 24.7 Å². The number of nitriles is 1. The standard InChI is InChI=1S/C19H23N3O/c1-15(2)9-11-22-12-10-18(17(13-20)19(22)23)21(3)14-16-7-5-4-6-8-16/h4-8,10,12,15H,9,11,14H2,1-3H3. The van der Waals surface area contributed by atoms with Crippen molar-refractivity contribution in [3.05, 3.63) is 64.1 Å². The second-order valence-corrected chi connectivity index (χ2v) is 6.21. The summed E-state index contributed by atoms with van der Waals surface area (Å²) in [5.41, 5.74) is 1.84. The van der Waals surface area contributed by atoms with Gasteiger partial charge in [-0.15, -0.1) is 0 Å². The molecular formula is C19H23N3O. The van der Waals surface area contributed by atoms with Crippen LogP contribution in [0.25, 0.3) is 0 Å². The first-order chi connectivity index (χ1) is 11.0. The molecular weight excluding hydrogens is 286 g/mol. The lowest BCUT2D eigenvalue weighted by Crippen LogP contribution is -2.27. The fourth-order valence-corrected chi connectivity index (χ4v) is 2.50. The molecule has 0 radical (unpaired) electrons. The first kappa shape index (κ1) is 16.8. The molecule has 0 saturated carbocycles. The average Bonchev–Trinajstić information content (AvgIpc) is 2.54. The highest BCUT2D eigenvalue weighted by atomic mass is 16.1. The molecule has 0 aliphatic heterocycles. The second-order valence-electron chi connectivity index (χ2n) is 6.21. The van der Waals surface area contributed by atoms with Crippen molar-refractivity contribution in [2.24, 2.45) is 5.92 Å². The molecule has 4 nitrogen and oxygen atoms in total. The van der Waals surface area contributed by atoms with Gasteiger partial charge in [0.2, 0.25) is 0 Å². The molecule has 0 amide bonds. The summed E-state index contributed by atoms with van der Waals surface area (Å²) in [4.78, 5) is 14.5. The molecule has 0 bridgehead atoms. The number of hydrogen-bond acceptors (Lipinski definition) is 3. The number of aromatic nitrogens is 1. The SMILES string of the molecule is CC(C)CCn1ccc(N(C)Cc2ccccc2)c(C#N)c1=O. The Bertz CT molecular complexity index is 741. The van der Waals surface area contributed by atoms with Crippen molar-refractivity contribution in [3.63, 3.8) is 0 Å². The maximum absolute atomic E-state index is 12.5. The highest BCUT2D eigenvalue weighted by Crippen LogP contribution is 2.18. The minimum atomic E-state index is -0.203. The van der Waals surface area contributed by atoms with Crippen molar-refractivity contribution in [1.82, 2.24) is 4.57 Å². The van der Waals surface area contributed by atoms with Crippen molar-refractivity contribution in [3.8, 4) is 6.07 Å². The van der Waals surface area contributed by atoms with Crippen LogP contribution in [0.4, 0.5) is 5.69 Å². The minimum Gasteiger partial charge on any atom is -0.369 e. The van der Waals surface area contributed by atoms with Gasteiger partial charge in [-0.05, 0) is 24.0 Å². The van der Waals surface area contributed by atoms with Gasteiger partial charge in [-0.3, -0.25) is 4.79 Å². The summed E-state index contributed by atoms with van der Waals surface area (Å²) in [6.07, 6.45) is 2.71. The third-order valence-electron chi connectivity index (χ3n) is 3.88. The van der Waals surface area contributed by atoms with E-state index in [4.69, 9.17) is 0 Å². The lowest BCUT2D eigenvalue weighted by atomic mass is 10.1. The summed E-state index contributed by atoms with van der Waals surface area (Å²) < 4.78 is 1.64. The number of aryl methyl sites for hydroxylation is 1. The molecule has 0 fully saturated rings. The van der Waals surface area contributed by atoms with E-state index in [1.165, 1.54) is 0 Å². The zero-order chi connectivity index (χ0) is 16.8. The van der Waals surface area contributed by atoms with Crippen LogP contribution in [0, 0.1) is 17.2 Å². The zero-order valence-electron chi connectivity index (χ0n) is 14.0. The summed E-state index contributed by atoms with van der Waals surface area (Å²) >= 11 is 0. The van der Waals surface area contributed by atoms with Crippen LogP contribution in [0.5, 0.6) is 0 Å². The molecule has 1 aromatic carbocycles. The van der Waals surface area contributed by atoms with Crippen LogP contribution in [0.2, 0.25) is 0 Å². The van der Waals surface area contributed by atoms with E-state index in [2.05, 4.69) is 19.9 Å². The van der Waals surface area contributed by atoms with Gasteiger partial charge in [0.25, 0.3) is 5.56 Å². The van der Waals surface area contributed by atoms with Gasteiger partial charge in [0.1, 0.15) is 11.6 Å². The maximum atomic E-state index is 12.5. The van der Waals surface area contributed by atoms with Gasteiger partial charge >= 0.3 is 0 Å². The molecule has 1 heterocycles. The predicted molar refractivity (Wildman–Crippen MR) is 93.4 cm³/mol. The Balaban J connectivity index is 2.27. The van der Waals surface area contributed by atoms with E-state index in [1.807, 2.05) is 48.3 Å². The van der Waals surface area contributed by atoms with E-state index < -0.39 is 0 Å². The molecule has 4 heteroatoms. The van der Waals surface area contributed by atoms with Crippen LogP contribution in [-0.4, -0.2) is 11.6 Å². The van der Waals surface area contributed by atoms with E-state index in [1.54, 1.807) is 10.8 Å². The van der Waals surface area contributed by atoms with Crippen LogP contribution in [0.15, 0.2) is 47.4 Å². The molecule has 0 saturated heterocycles. The fourth-order valence-electron chi connectivity index (χ4n) is 2.50. The number of rotatable bonds is 6. The van der Waals surface area contributed by atoms with Gasteiger partial charge in [0, 0.05) is 26.3 Å². The first-order valence-corrected chi connectivity index (χ1v) is 7.91. The lowest BCUT2D eigenvalue weighted by Gasteiger charge is -2.21. The van der Waals surface area contributed by atoms with Crippen LogP contribution < -0.4 is 10.5 Å². The topological polar surface area (TPSA) is 49.0 Å². The van der Waals surface area contributed by atoms with Gasteiger partial charge in [0.15, 0.2) is 0 Å². The highest BCUT2D eigenvalue weighted by Gasteiger charge is 2.13. The van der Waals surface area contributed by atoms with Crippen LogP contribution in [-0.2, 0) is 13.1 Å². The molecule has 0 spiro atoms. The molecule has 120 valence electrons. The first-order valence-electron chi connectivity index (χ1n) is 7.91. The van der Waals surface area contributed by atoms with Gasteiger partial charge in [-0.1, -0.05) is 44.2 Å². The van der Waals surface area contributed by atoms with E-state index in [9.17, 15) is 10.1 Å². The number of hydrogen-bond donors (Lipinski definition) is 0. The van der Waals surface area contributed by atoms with Crippen LogP contribution in [0.3, 0.4) is 0 Å². The summed E-state index contributed by atoms with van der Waals surface area (Å²) in [7, 11) is 1.90. The van der Waals surface area contributed by atoms with E-state index >= 15 is 0 Å². The Morgan fingerprint density at radius 1 is 1.22 bits per heavy atom. The number of anilines is 1. The highest BCUT2D eigenvalue weighted by molar-refractivity contribution is 5.57. The average molecular weight is 309 g/mol. The van der Waals surface area contributed by atoms with Crippen molar-refractivity contribution in [1.29, 1.82) is 5.26 Å². The van der Waals surface area contributed by atoms with Crippen molar-refractivity contribution in [2.75, 3.05) is 11.9 Å². The molecule has 0 aliphatic carbocycles. The molecule has 0 atom stereocenters. The summed E-state index contributed by atoms with van der Waals surface area (Å²) in [6, 6.07) is 14.0. The molecule has 0 aliphatic rings. The Morgan fingerprint density at radius 2 is 1.91 bits per heavy atom. The monoisotopic (exact) mass is 309 g/mol. The third kappa shape index (κ3) is 4.23. The predicted octanol–water partition coefficient (Wildman–Crippen LogP) is 3.40. The Kier molecular flexibility index (Phi) is 5.59. The zero-order valence-corrected chi connectivity index (χ0v) is 14.0. The normalized spacial score (nSPS) is 10.6. The molecule has 0 unspecified atom stereocenters. The Hall–Kier alpha value is -2.54. The summed E-state index contributed by atoms with van der Waals surface area (Å²) in [6.45, 7) is 5.55. The van der Waals surface area contributed by atoms with Crippen molar-refractivity contribution < 1.29 is 0 Å². The molecule has 2 rings (SSSR count). The Morgan fingerprint density at radius 3 is 2.52 bits per heavy atom. The molecule has 1 aromatic heterocycles. The second kappa shape index (κ2) is 7.64. The molecule has 0 N–H and O–H groups in total. The quantitative estimate of drug-likeness (QED) is 0.821. The van der Waals surface area contributed by atoms with E-state index in [-0.39, 0.29) is 11.1 Å². The fraction of sp³-hybridized carbons (Fsp3) is 0.368.